The smallest absolute Gasteiger partial charge is 0.282 e. The molecule has 2 aromatic rings. The fourth-order valence-corrected chi connectivity index (χ4v) is 3.51. The average Bonchev–Trinajstić information content (AvgIpc) is 2.58. The number of hydrogen-bond donors (Lipinski definition) is 2. The van der Waals surface area contributed by atoms with Gasteiger partial charge in [0.15, 0.2) is 5.69 Å². The fraction of sp³-hybridized carbons (Fsp3) is 0. The van der Waals surface area contributed by atoms with E-state index in [9.17, 15) is 25.9 Å². The highest BCUT2D eigenvalue weighted by Gasteiger charge is 2.17. The normalized spacial score (nSPS) is 11.8. The molecule has 8 nitrogen and oxygen atoms in total. The standard InChI is InChI=1S/C16H10N2O6S2/c1-18-14-7-6-13(16(9-14)26(22,23)24)5-4-12-3-2-11(10-17)8-15(12)25(19,20)21/h2-9H,(H,19,20,21)(H,22,23,24)/b5-4+. The molecule has 2 N–H and O–H groups in total. The molecule has 0 bridgehead atoms. The quantitative estimate of drug-likeness (QED) is 0.465. The van der Waals surface area contributed by atoms with Crippen molar-refractivity contribution in [3.63, 3.8) is 0 Å². The first-order valence-corrected chi connectivity index (χ1v) is 9.63. The molecule has 0 radical (unpaired) electrons. The van der Waals surface area contributed by atoms with E-state index in [1.165, 1.54) is 36.4 Å². The Morgan fingerprint density at radius 2 is 1.42 bits per heavy atom. The van der Waals surface area contributed by atoms with Gasteiger partial charge in [0, 0.05) is 0 Å². The van der Waals surface area contributed by atoms with Crippen LogP contribution in [-0.4, -0.2) is 25.9 Å². The van der Waals surface area contributed by atoms with Crippen LogP contribution in [0.15, 0.2) is 46.2 Å². The Morgan fingerprint density at radius 1 is 0.923 bits per heavy atom. The van der Waals surface area contributed by atoms with E-state index in [0.29, 0.717) is 0 Å². The molecule has 0 saturated heterocycles. The van der Waals surface area contributed by atoms with Crippen LogP contribution in [0.4, 0.5) is 5.69 Å². The third kappa shape index (κ3) is 4.33. The molecule has 0 aliphatic carbocycles. The first kappa shape index (κ1) is 19.3. The van der Waals surface area contributed by atoms with E-state index in [4.69, 9.17) is 11.8 Å². The summed E-state index contributed by atoms with van der Waals surface area (Å²) in [6.45, 7) is 6.90. The van der Waals surface area contributed by atoms with Crippen LogP contribution in [-0.2, 0) is 20.2 Å². The fourth-order valence-electron chi connectivity index (χ4n) is 2.10. The zero-order chi connectivity index (χ0) is 19.5. The molecule has 0 fully saturated rings. The van der Waals surface area contributed by atoms with Gasteiger partial charge in [0.2, 0.25) is 0 Å². The summed E-state index contributed by atoms with van der Waals surface area (Å²) in [5.41, 5.74) is 0.00849. The Labute approximate surface area is 150 Å². The molecule has 2 rings (SSSR count). The number of hydrogen-bond acceptors (Lipinski definition) is 5. The highest BCUT2D eigenvalue weighted by Crippen LogP contribution is 2.26. The van der Waals surface area contributed by atoms with Crippen LogP contribution in [0.5, 0.6) is 0 Å². The molecule has 26 heavy (non-hydrogen) atoms. The number of rotatable bonds is 4. The zero-order valence-corrected chi connectivity index (χ0v) is 14.5. The predicted octanol–water partition coefficient (Wildman–Crippen LogP) is 2.77. The summed E-state index contributed by atoms with van der Waals surface area (Å²) in [4.78, 5) is 2.02. The van der Waals surface area contributed by atoms with Gasteiger partial charge in [-0.05, 0) is 29.3 Å². The Kier molecular flexibility index (Phi) is 5.25. The van der Waals surface area contributed by atoms with E-state index in [2.05, 4.69) is 4.85 Å². The van der Waals surface area contributed by atoms with Crippen LogP contribution >= 0.6 is 0 Å². The van der Waals surface area contributed by atoms with Crippen LogP contribution in [0.3, 0.4) is 0 Å². The predicted molar refractivity (Wildman–Crippen MR) is 92.4 cm³/mol. The van der Waals surface area contributed by atoms with E-state index in [1.54, 1.807) is 6.07 Å². The van der Waals surface area contributed by atoms with Gasteiger partial charge < -0.3 is 0 Å². The molecule has 0 aliphatic rings. The van der Waals surface area contributed by atoms with Crippen molar-refractivity contribution in [2.75, 3.05) is 0 Å². The molecule has 0 aliphatic heterocycles. The van der Waals surface area contributed by atoms with Crippen molar-refractivity contribution in [2.24, 2.45) is 0 Å². The number of nitriles is 1. The molecule has 0 atom stereocenters. The minimum atomic E-state index is -4.63. The van der Waals surface area contributed by atoms with E-state index >= 15 is 0 Å². The van der Waals surface area contributed by atoms with Crippen LogP contribution < -0.4 is 0 Å². The monoisotopic (exact) mass is 390 g/mol. The second kappa shape index (κ2) is 7.07. The molecular formula is C16H10N2O6S2. The van der Waals surface area contributed by atoms with Gasteiger partial charge in [-0.25, -0.2) is 4.85 Å². The van der Waals surface area contributed by atoms with Gasteiger partial charge in [-0.15, -0.1) is 0 Å². The lowest BCUT2D eigenvalue weighted by atomic mass is 10.1. The lowest BCUT2D eigenvalue weighted by molar-refractivity contribution is 0.480. The molecule has 132 valence electrons. The molecule has 0 aromatic heterocycles. The lowest BCUT2D eigenvalue weighted by Crippen LogP contribution is -2.02. The Balaban J connectivity index is 2.63. The third-order valence-electron chi connectivity index (χ3n) is 3.27. The minimum absolute atomic E-state index is 0.00189. The summed E-state index contributed by atoms with van der Waals surface area (Å²) in [7, 11) is -9.25. The SMILES string of the molecule is [C-]#[N+]c1ccc(/C=C/c2ccc(C#N)cc2S(=O)(=O)O)c(S(=O)(=O)O)c1. The van der Waals surface area contributed by atoms with Crippen molar-refractivity contribution < 1.29 is 25.9 Å². The first-order chi connectivity index (χ1) is 12.1. The number of benzene rings is 2. The topological polar surface area (TPSA) is 137 Å². The molecule has 0 unspecified atom stereocenters. The second-order valence-electron chi connectivity index (χ2n) is 4.98. The van der Waals surface area contributed by atoms with Crippen molar-refractivity contribution in [3.8, 4) is 6.07 Å². The summed E-state index contributed by atoms with van der Waals surface area (Å²) in [6, 6.07) is 8.86. The van der Waals surface area contributed by atoms with Crippen LogP contribution in [0.25, 0.3) is 17.0 Å². The van der Waals surface area contributed by atoms with Crippen LogP contribution in [0, 0.1) is 17.9 Å². The van der Waals surface area contributed by atoms with Gasteiger partial charge in [0.05, 0.1) is 23.1 Å². The minimum Gasteiger partial charge on any atom is -0.282 e. The average molecular weight is 390 g/mol. The molecule has 0 spiro atoms. The summed E-state index contributed by atoms with van der Waals surface area (Å²) in [5.74, 6) is 0. The lowest BCUT2D eigenvalue weighted by Gasteiger charge is -2.06. The largest absolute Gasteiger partial charge is 0.295 e. The van der Waals surface area contributed by atoms with Gasteiger partial charge in [-0.2, -0.15) is 22.1 Å². The van der Waals surface area contributed by atoms with Crippen molar-refractivity contribution >= 4 is 38.1 Å². The van der Waals surface area contributed by atoms with Crippen molar-refractivity contribution in [1.29, 1.82) is 5.26 Å². The van der Waals surface area contributed by atoms with Gasteiger partial charge in [-0.1, -0.05) is 30.4 Å². The van der Waals surface area contributed by atoms with E-state index in [1.807, 2.05) is 0 Å². The Bertz CT molecular complexity index is 1100. The molecule has 0 saturated carbocycles. The Hall–Kier alpha value is -3.02. The highest BCUT2D eigenvalue weighted by molar-refractivity contribution is 7.86. The highest BCUT2D eigenvalue weighted by atomic mass is 32.2. The Morgan fingerprint density at radius 3 is 1.88 bits per heavy atom. The van der Waals surface area contributed by atoms with Gasteiger partial charge in [0.25, 0.3) is 20.2 Å². The van der Waals surface area contributed by atoms with E-state index < -0.39 is 30.0 Å². The maximum absolute atomic E-state index is 11.5. The second-order valence-corrected chi connectivity index (χ2v) is 7.76. The van der Waals surface area contributed by atoms with Crippen molar-refractivity contribution in [1.82, 2.24) is 0 Å². The maximum Gasteiger partial charge on any atom is 0.295 e. The summed E-state index contributed by atoms with van der Waals surface area (Å²) >= 11 is 0. The van der Waals surface area contributed by atoms with Gasteiger partial charge in [-0.3, -0.25) is 9.11 Å². The summed E-state index contributed by atoms with van der Waals surface area (Å²) in [5, 5.41) is 8.84. The van der Waals surface area contributed by atoms with Crippen LogP contribution in [0.1, 0.15) is 16.7 Å². The molecule has 0 heterocycles. The van der Waals surface area contributed by atoms with Crippen LogP contribution in [0.2, 0.25) is 0 Å². The molecule has 2 aromatic carbocycles. The van der Waals surface area contributed by atoms with Crippen molar-refractivity contribution in [2.45, 2.75) is 9.79 Å². The van der Waals surface area contributed by atoms with Crippen molar-refractivity contribution in [3.05, 3.63) is 64.5 Å². The zero-order valence-electron chi connectivity index (χ0n) is 12.9. The first-order valence-electron chi connectivity index (χ1n) is 6.75. The van der Waals surface area contributed by atoms with Gasteiger partial charge in [0.1, 0.15) is 4.90 Å². The van der Waals surface area contributed by atoms with E-state index in [-0.39, 0.29) is 22.4 Å². The molecule has 0 amide bonds. The maximum atomic E-state index is 11.5. The molecule has 10 heteroatoms. The third-order valence-corrected chi connectivity index (χ3v) is 5.09. The molecular weight excluding hydrogens is 380 g/mol. The summed E-state index contributed by atoms with van der Waals surface area (Å²) < 4.78 is 64.6. The van der Waals surface area contributed by atoms with Gasteiger partial charge >= 0.3 is 0 Å². The van der Waals surface area contributed by atoms with E-state index in [0.717, 1.165) is 12.1 Å². The summed E-state index contributed by atoms with van der Waals surface area (Å²) in [6.07, 6.45) is 2.40. The number of nitrogens with zero attached hydrogens (tertiary/aromatic N) is 2.